The number of hydrogen-bond donors (Lipinski definition) is 3. The number of nitrogen functional groups attached to an aromatic ring is 1. The Morgan fingerprint density at radius 2 is 1.18 bits per heavy atom. The van der Waals surface area contributed by atoms with E-state index in [1.54, 1.807) is 12.1 Å². The van der Waals surface area contributed by atoms with Crippen LogP contribution in [-0.4, -0.2) is 96.2 Å². The van der Waals surface area contributed by atoms with E-state index >= 15 is 0 Å². The van der Waals surface area contributed by atoms with E-state index in [4.69, 9.17) is 39.3 Å². The molecule has 0 bridgehead atoms. The van der Waals surface area contributed by atoms with Crippen LogP contribution in [0.15, 0.2) is 24.3 Å². The van der Waals surface area contributed by atoms with Crippen LogP contribution < -0.4 is 15.8 Å². The third kappa shape index (κ3) is 19.1. The third-order valence-electron chi connectivity index (χ3n) is 4.22. The van der Waals surface area contributed by atoms with Gasteiger partial charge in [0.15, 0.2) is 0 Å². The first kappa shape index (κ1) is 29.6. The molecular formula is C23H38N2O9. The van der Waals surface area contributed by atoms with Crippen LogP contribution in [-0.2, 0) is 33.3 Å². The number of carbonyl (C=O) groups excluding carboxylic acids is 1. The number of nitrogens with two attached hydrogens (primary N) is 1. The van der Waals surface area contributed by atoms with Gasteiger partial charge in [0, 0.05) is 25.3 Å². The van der Waals surface area contributed by atoms with Crippen LogP contribution in [0.4, 0.5) is 5.69 Å². The van der Waals surface area contributed by atoms with Crippen molar-refractivity contribution in [3.05, 3.63) is 24.3 Å². The van der Waals surface area contributed by atoms with Gasteiger partial charge in [-0.2, -0.15) is 0 Å². The Morgan fingerprint density at radius 3 is 1.68 bits per heavy atom. The summed E-state index contributed by atoms with van der Waals surface area (Å²) in [7, 11) is 0. The minimum Gasteiger partial charge on any atom is -0.491 e. The standard InChI is InChI=1S/C23H38N2O9/c24-20-2-4-21(5-3-20)34-19-18-33-17-16-32-15-14-31-13-12-30-11-10-29-9-1-8-25-22(26)6-7-23(27)28/h2-5H,1,6-19,24H2,(H,25,26)(H,27,28). The topological polar surface area (TPSA) is 148 Å². The molecule has 0 heterocycles. The van der Waals surface area contributed by atoms with Gasteiger partial charge in [0.05, 0.1) is 65.9 Å². The number of carbonyl (C=O) groups is 2. The smallest absolute Gasteiger partial charge is 0.303 e. The van der Waals surface area contributed by atoms with Crippen LogP contribution in [0.25, 0.3) is 0 Å². The highest BCUT2D eigenvalue weighted by Crippen LogP contribution is 2.12. The number of benzene rings is 1. The Morgan fingerprint density at radius 1 is 0.706 bits per heavy atom. The zero-order valence-corrected chi connectivity index (χ0v) is 19.7. The van der Waals surface area contributed by atoms with Crippen LogP contribution in [0.2, 0.25) is 0 Å². The van der Waals surface area contributed by atoms with Gasteiger partial charge in [-0.15, -0.1) is 0 Å². The minimum absolute atomic E-state index is 0.00487. The van der Waals surface area contributed by atoms with E-state index in [-0.39, 0.29) is 18.7 Å². The molecule has 0 aliphatic rings. The van der Waals surface area contributed by atoms with Gasteiger partial charge < -0.3 is 44.6 Å². The summed E-state index contributed by atoms with van der Waals surface area (Å²) in [6.07, 6.45) is 0.494. The first-order valence-corrected chi connectivity index (χ1v) is 11.4. The molecule has 4 N–H and O–H groups in total. The fourth-order valence-corrected chi connectivity index (χ4v) is 2.48. The fourth-order valence-electron chi connectivity index (χ4n) is 2.48. The van der Waals surface area contributed by atoms with Gasteiger partial charge in [-0.1, -0.05) is 0 Å². The summed E-state index contributed by atoms with van der Waals surface area (Å²) < 4.78 is 32.6. The zero-order chi connectivity index (χ0) is 24.7. The molecule has 0 aliphatic carbocycles. The predicted octanol–water partition coefficient (Wildman–Crippen LogP) is 1.10. The number of rotatable bonds is 23. The van der Waals surface area contributed by atoms with E-state index < -0.39 is 5.97 Å². The normalized spacial score (nSPS) is 10.8. The maximum atomic E-state index is 11.3. The van der Waals surface area contributed by atoms with E-state index in [0.29, 0.717) is 91.3 Å². The van der Waals surface area contributed by atoms with Crippen molar-refractivity contribution in [2.24, 2.45) is 0 Å². The number of aliphatic carboxylic acids is 1. The van der Waals surface area contributed by atoms with Crippen molar-refractivity contribution in [1.29, 1.82) is 0 Å². The van der Waals surface area contributed by atoms with E-state index in [2.05, 4.69) is 5.32 Å². The summed E-state index contributed by atoms with van der Waals surface area (Å²) in [6, 6.07) is 7.22. The molecule has 0 saturated carbocycles. The molecule has 11 heteroatoms. The monoisotopic (exact) mass is 486 g/mol. The van der Waals surface area contributed by atoms with Crippen LogP contribution in [0.5, 0.6) is 5.75 Å². The SMILES string of the molecule is Nc1ccc(OCCOCCOCCOCCOCCOCCCNC(=O)CCC(=O)O)cc1. The maximum Gasteiger partial charge on any atom is 0.303 e. The first-order valence-electron chi connectivity index (χ1n) is 11.4. The van der Waals surface area contributed by atoms with Crippen molar-refractivity contribution >= 4 is 17.6 Å². The molecule has 1 aromatic rings. The minimum atomic E-state index is -0.979. The largest absolute Gasteiger partial charge is 0.491 e. The molecular weight excluding hydrogens is 448 g/mol. The predicted molar refractivity (Wildman–Crippen MR) is 125 cm³/mol. The Bertz CT molecular complexity index is 644. The highest BCUT2D eigenvalue weighted by atomic mass is 16.6. The molecule has 0 fully saturated rings. The summed E-state index contributed by atoms with van der Waals surface area (Å²) >= 11 is 0. The van der Waals surface area contributed by atoms with Crippen LogP contribution in [0.3, 0.4) is 0 Å². The van der Waals surface area contributed by atoms with Crippen molar-refractivity contribution in [2.75, 3.05) is 85.0 Å². The van der Waals surface area contributed by atoms with E-state index in [1.807, 2.05) is 12.1 Å². The number of hydrogen-bond acceptors (Lipinski definition) is 9. The molecule has 1 aromatic carbocycles. The van der Waals surface area contributed by atoms with Gasteiger partial charge >= 0.3 is 5.97 Å². The molecule has 194 valence electrons. The van der Waals surface area contributed by atoms with Crippen LogP contribution in [0, 0.1) is 0 Å². The number of ether oxygens (including phenoxy) is 6. The fraction of sp³-hybridized carbons (Fsp3) is 0.652. The van der Waals surface area contributed by atoms with E-state index in [9.17, 15) is 9.59 Å². The van der Waals surface area contributed by atoms with E-state index in [1.165, 1.54) is 0 Å². The van der Waals surface area contributed by atoms with Crippen molar-refractivity contribution in [3.8, 4) is 5.75 Å². The molecule has 11 nitrogen and oxygen atoms in total. The summed E-state index contributed by atoms with van der Waals surface area (Å²) in [4.78, 5) is 21.7. The summed E-state index contributed by atoms with van der Waals surface area (Å²) in [5.41, 5.74) is 6.32. The van der Waals surface area contributed by atoms with Gasteiger partial charge in [-0.05, 0) is 30.7 Å². The number of carboxylic acids is 1. The Labute approximate surface area is 200 Å². The molecule has 0 aromatic heterocycles. The Balaban J connectivity index is 1.71. The number of amides is 1. The van der Waals surface area contributed by atoms with Crippen molar-refractivity contribution in [1.82, 2.24) is 5.32 Å². The van der Waals surface area contributed by atoms with Gasteiger partial charge in [-0.25, -0.2) is 0 Å². The number of anilines is 1. The van der Waals surface area contributed by atoms with Gasteiger partial charge in [-0.3, -0.25) is 9.59 Å². The van der Waals surface area contributed by atoms with Crippen LogP contribution in [0.1, 0.15) is 19.3 Å². The maximum absolute atomic E-state index is 11.3. The molecule has 0 radical (unpaired) electrons. The van der Waals surface area contributed by atoms with Crippen molar-refractivity contribution in [2.45, 2.75) is 19.3 Å². The second kappa shape index (κ2) is 21.1. The number of nitrogens with one attached hydrogen (secondary N) is 1. The lowest BCUT2D eigenvalue weighted by molar-refractivity contribution is -0.138. The Kier molecular flexibility index (Phi) is 18.4. The lowest BCUT2D eigenvalue weighted by Gasteiger charge is -2.09. The van der Waals surface area contributed by atoms with Crippen molar-refractivity contribution in [3.63, 3.8) is 0 Å². The lowest BCUT2D eigenvalue weighted by Crippen LogP contribution is -2.25. The highest BCUT2D eigenvalue weighted by molar-refractivity contribution is 5.80. The average Bonchev–Trinajstić information content (AvgIpc) is 2.82. The molecule has 0 spiro atoms. The second-order valence-corrected chi connectivity index (χ2v) is 7.08. The molecule has 34 heavy (non-hydrogen) atoms. The van der Waals surface area contributed by atoms with Crippen LogP contribution >= 0.6 is 0 Å². The third-order valence-corrected chi connectivity index (χ3v) is 4.22. The first-order chi connectivity index (χ1) is 16.6. The molecule has 0 unspecified atom stereocenters. The lowest BCUT2D eigenvalue weighted by atomic mass is 10.3. The van der Waals surface area contributed by atoms with Gasteiger partial charge in [0.1, 0.15) is 12.4 Å². The second-order valence-electron chi connectivity index (χ2n) is 7.08. The molecule has 1 rings (SSSR count). The number of carboxylic acid groups (broad SMARTS) is 1. The zero-order valence-electron chi connectivity index (χ0n) is 19.7. The quantitative estimate of drug-likeness (QED) is 0.152. The molecule has 0 saturated heterocycles. The molecule has 0 aliphatic heterocycles. The summed E-state index contributed by atoms with van der Waals surface area (Å²) in [5, 5.41) is 11.1. The summed E-state index contributed by atoms with van der Waals surface area (Å²) in [6.45, 7) is 5.73. The molecule has 0 atom stereocenters. The van der Waals surface area contributed by atoms with Gasteiger partial charge in [0.2, 0.25) is 5.91 Å². The van der Waals surface area contributed by atoms with E-state index in [0.717, 1.165) is 5.75 Å². The van der Waals surface area contributed by atoms with Gasteiger partial charge in [0.25, 0.3) is 0 Å². The average molecular weight is 487 g/mol. The van der Waals surface area contributed by atoms with Crippen molar-refractivity contribution < 1.29 is 43.1 Å². The Hall–Kier alpha value is -2.44. The highest BCUT2D eigenvalue weighted by Gasteiger charge is 2.04. The summed E-state index contributed by atoms with van der Waals surface area (Å²) in [5.74, 6) is -0.481. The molecule has 1 amide bonds.